The van der Waals surface area contributed by atoms with E-state index in [1.807, 2.05) is 36.1 Å². The highest BCUT2D eigenvalue weighted by molar-refractivity contribution is 7.70. The van der Waals surface area contributed by atoms with Gasteiger partial charge in [0.15, 0.2) is 0 Å². The second kappa shape index (κ2) is 11.2. The molecule has 0 saturated heterocycles. The molecule has 0 spiro atoms. The van der Waals surface area contributed by atoms with Gasteiger partial charge in [0.25, 0.3) is 7.37 Å². The molecule has 3 heteroatoms. The lowest BCUT2D eigenvalue weighted by atomic mass is 9.75. The summed E-state index contributed by atoms with van der Waals surface area (Å²) in [5, 5.41) is 0.829. The summed E-state index contributed by atoms with van der Waals surface area (Å²) < 4.78 is 20.4. The first-order valence-electron chi connectivity index (χ1n) is 11.0. The normalized spacial score (nSPS) is 25.7. The fraction of sp³-hybridized carbons (Fsp3) is 0.667. The zero-order valence-corrected chi connectivity index (χ0v) is 18.7. The summed E-state index contributed by atoms with van der Waals surface area (Å²) in [4.78, 5) is 0. The van der Waals surface area contributed by atoms with Gasteiger partial charge >= 0.3 is 0 Å². The molecule has 0 aromatic heterocycles. The second-order valence-corrected chi connectivity index (χ2v) is 10.9. The number of unbranched alkanes of at least 4 members (excludes halogenated alkanes) is 4. The van der Waals surface area contributed by atoms with Gasteiger partial charge in [-0.1, -0.05) is 77.7 Å². The Labute approximate surface area is 167 Å². The van der Waals surface area contributed by atoms with Gasteiger partial charge in [-0.15, -0.1) is 0 Å². The van der Waals surface area contributed by atoms with E-state index in [9.17, 15) is 4.57 Å². The van der Waals surface area contributed by atoms with Crippen molar-refractivity contribution < 1.29 is 9.09 Å². The van der Waals surface area contributed by atoms with Crippen molar-refractivity contribution in [3.8, 4) is 0 Å². The molecule has 1 saturated carbocycles. The maximum atomic E-state index is 13.9. The van der Waals surface area contributed by atoms with Crippen LogP contribution in [0.4, 0.5) is 0 Å². The zero-order valence-electron chi connectivity index (χ0n) is 17.8. The summed E-state index contributed by atoms with van der Waals surface area (Å²) in [6, 6.07) is 9.81. The van der Waals surface area contributed by atoms with Crippen molar-refractivity contribution in [3.63, 3.8) is 0 Å². The topological polar surface area (TPSA) is 26.3 Å². The number of hydrogen-bond acceptors (Lipinski definition) is 2. The summed E-state index contributed by atoms with van der Waals surface area (Å²) in [7, 11) is -2.98. The maximum absolute atomic E-state index is 13.9. The van der Waals surface area contributed by atoms with Gasteiger partial charge in [-0.25, -0.2) is 0 Å². The molecule has 2 unspecified atom stereocenters. The Morgan fingerprint density at radius 3 is 2.56 bits per heavy atom. The van der Waals surface area contributed by atoms with Crippen molar-refractivity contribution in [3.05, 3.63) is 42.2 Å². The average molecular weight is 391 g/mol. The molecule has 2 rings (SSSR count). The zero-order chi connectivity index (χ0) is 19.7. The highest BCUT2D eigenvalue weighted by atomic mass is 31.2. The molecule has 152 valence electrons. The molecule has 1 aromatic rings. The largest absolute Gasteiger partial charge is 0.319 e. The molecule has 4 atom stereocenters. The Morgan fingerprint density at radius 2 is 1.89 bits per heavy atom. The van der Waals surface area contributed by atoms with Gasteiger partial charge in [-0.3, -0.25) is 4.57 Å². The van der Waals surface area contributed by atoms with Gasteiger partial charge in [0, 0.05) is 11.1 Å². The quantitative estimate of drug-likeness (QED) is 0.304. The van der Waals surface area contributed by atoms with E-state index < -0.39 is 7.37 Å². The Bertz CT molecular complexity index is 608. The number of benzene rings is 1. The Kier molecular flexibility index (Phi) is 9.33. The first-order valence-corrected chi connectivity index (χ1v) is 12.7. The van der Waals surface area contributed by atoms with Crippen molar-refractivity contribution in [1.82, 2.24) is 0 Å². The van der Waals surface area contributed by atoms with E-state index in [4.69, 9.17) is 4.52 Å². The molecule has 27 heavy (non-hydrogen) atoms. The smallest absolute Gasteiger partial charge is 0.254 e. The van der Waals surface area contributed by atoms with Crippen LogP contribution < -0.4 is 5.30 Å². The van der Waals surface area contributed by atoms with Crippen molar-refractivity contribution in [2.75, 3.05) is 0 Å². The van der Waals surface area contributed by atoms with Gasteiger partial charge < -0.3 is 4.52 Å². The van der Waals surface area contributed by atoms with E-state index in [0.717, 1.165) is 24.6 Å². The lowest BCUT2D eigenvalue weighted by Gasteiger charge is -2.38. The van der Waals surface area contributed by atoms with Crippen molar-refractivity contribution in [1.29, 1.82) is 0 Å². The molecule has 1 aliphatic rings. The fourth-order valence-corrected chi connectivity index (χ4v) is 6.18. The third-order valence-corrected chi connectivity index (χ3v) is 8.10. The van der Waals surface area contributed by atoms with Crippen molar-refractivity contribution >= 4 is 12.7 Å². The van der Waals surface area contributed by atoms with Crippen LogP contribution >= 0.6 is 7.37 Å². The molecule has 0 bridgehead atoms. The summed E-state index contributed by atoms with van der Waals surface area (Å²) in [5.74, 6) is 3.60. The van der Waals surface area contributed by atoms with Crippen LogP contribution in [0.5, 0.6) is 0 Å². The average Bonchev–Trinajstić information content (AvgIpc) is 2.65. The minimum atomic E-state index is -2.98. The van der Waals surface area contributed by atoms with Crippen LogP contribution in [0.2, 0.25) is 0 Å². The van der Waals surface area contributed by atoms with E-state index in [2.05, 4.69) is 33.8 Å². The Morgan fingerprint density at radius 1 is 1.15 bits per heavy atom. The van der Waals surface area contributed by atoms with Crippen molar-refractivity contribution in [2.24, 2.45) is 17.8 Å². The lowest BCUT2D eigenvalue weighted by Crippen LogP contribution is -2.34. The monoisotopic (exact) mass is 390 g/mol. The summed E-state index contributed by atoms with van der Waals surface area (Å²) >= 11 is 0. The SMILES string of the molecule is CCCCCC/C=C/P(=O)(OC1C[C@@H](C)CC[C@@H]1C(C)C)c1ccccc1. The molecule has 1 fully saturated rings. The molecule has 2 nitrogen and oxygen atoms in total. The highest BCUT2D eigenvalue weighted by Gasteiger charge is 2.36. The van der Waals surface area contributed by atoms with E-state index in [1.54, 1.807) is 0 Å². The first-order chi connectivity index (χ1) is 13.0. The highest BCUT2D eigenvalue weighted by Crippen LogP contribution is 2.52. The van der Waals surface area contributed by atoms with Gasteiger partial charge in [0.05, 0.1) is 6.10 Å². The van der Waals surface area contributed by atoms with Crippen LogP contribution in [0.3, 0.4) is 0 Å². The maximum Gasteiger partial charge on any atom is 0.254 e. The summed E-state index contributed by atoms with van der Waals surface area (Å²) in [6.07, 6.45) is 11.5. The van der Waals surface area contributed by atoms with Crippen LogP contribution in [0.15, 0.2) is 42.2 Å². The number of rotatable bonds is 10. The van der Waals surface area contributed by atoms with Crippen LogP contribution in [0.25, 0.3) is 0 Å². The lowest BCUT2D eigenvalue weighted by molar-refractivity contribution is 0.0512. The van der Waals surface area contributed by atoms with E-state index in [-0.39, 0.29) is 6.10 Å². The van der Waals surface area contributed by atoms with Crippen LogP contribution in [0.1, 0.15) is 79.1 Å². The van der Waals surface area contributed by atoms with Gasteiger partial charge in [-0.05, 0) is 55.6 Å². The molecule has 1 aliphatic carbocycles. The minimum absolute atomic E-state index is 0.0875. The Hall–Kier alpha value is -0.850. The summed E-state index contributed by atoms with van der Waals surface area (Å²) in [6.45, 7) is 9.07. The van der Waals surface area contributed by atoms with Gasteiger partial charge in [0.1, 0.15) is 0 Å². The van der Waals surface area contributed by atoms with Gasteiger partial charge in [0.2, 0.25) is 0 Å². The number of hydrogen-bond donors (Lipinski definition) is 0. The molecule has 0 aliphatic heterocycles. The molecule has 0 heterocycles. The van der Waals surface area contributed by atoms with Crippen LogP contribution in [-0.4, -0.2) is 6.10 Å². The van der Waals surface area contributed by atoms with Gasteiger partial charge in [-0.2, -0.15) is 0 Å². The van der Waals surface area contributed by atoms with E-state index >= 15 is 0 Å². The van der Waals surface area contributed by atoms with Crippen LogP contribution in [0, 0.1) is 17.8 Å². The molecule has 1 aromatic carbocycles. The molecule has 0 N–H and O–H groups in total. The minimum Gasteiger partial charge on any atom is -0.319 e. The molecular formula is C24H39O2P. The third-order valence-electron chi connectivity index (χ3n) is 5.90. The number of allylic oxidation sites excluding steroid dienone is 1. The fourth-order valence-electron chi connectivity index (χ4n) is 4.16. The van der Waals surface area contributed by atoms with E-state index in [1.165, 1.54) is 32.1 Å². The second-order valence-electron chi connectivity index (χ2n) is 8.64. The third kappa shape index (κ3) is 6.91. The first kappa shape index (κ1) is 22.4. The van der Waals surface area contributed by atoms with Crippen LogP contribution in [-0.2, 0) is 9.09 Å². The predicted octanol–water partition coefficient (Wildman–Crippen LogP) is 7.55. The molecular weight excluding hydrogens is 351 g/mol. The molecule has 0 amide bonds. The molecule has 0 radical (unpaired) electrons. The van der Waals surface area contributed by atoms with E-state index in [0.29, 0.717) is 17.8 Å². The predicted molar refractivity (Wildman–Crippen MR) is 118 cm³/mol. The van der Waals surface area contributed by atoms with Crippen molar-refractivity contribution in [2.45, 2.75) is 85.2 Å². The standard InChI is InChI=1S/C24H39O2P/c1-5-6-7-8-9-13-18-27(25,22-14-11-10-12-15-22)26-24-19-21(4)16-17-23(24)20(2)3/h10-15,18,20-21,23-24H,5-9,16-17,19H2,1-4H3/b18-13+/t21-,23+,24?,27?/m0/s1. The Balaban J connectivity index is 2.16. The summed E-state index contributed by atoms with van der Waals surface area (Å²) in [5.41, 5.74) is 0.